The van der Waals surface area contributed by atoms with Gasteiger partial charge in [-0.05, 0) is 57.3 Å². The van der Waals surface area contributed by atoms with Crippen LogP contribution in [0.15, 0.2) is 18.2 Å². The third kappa shape index (κ3) is 1.44. The first kappa shape index (κ1) is 9.01. The Balaban J connectivity index is 2.93. The van der Waals surface area contributed by atoms with Gasteiger partial charge in [0, 0.05) is 18.6 Å². The van der Waals surface area contributed by atoms with Crippen molar-refractivity contribution in [2.45, 2.75) is 0 Å². The van der Waals surface area contributed by atoms with Gasteiger partial charge in [-0.25, -0.2) is 0 Å². The van der Waals surface area contributed by atoms with E-state index in [-0.39, 0.29) is 0 Å². The molecular weight excluding hydrogens is 398 g/mol. The first-order valence-corrected chi connectivity index (χ1v) is 6.22. The number of thiophene rings is 1. The summed E-state index contributed by atoms with van der Waals surface area (Å²) in [6, 6.07) is 5.96. The minimum absolute atomic E-state index is 0.395. The molecule has 0 aliphatic heterocycles. The molecule has 12 heavy (non-hydrogen) atoms. The fourth-order valence-corrected chi connectivity index (χ4v) is 3.46. The van der Waals surface area contributed by atoms with Crippen LogP contribution in [0.3, 0.4) is 0 Å². The molecule has 2 aromatic rings. The lowest BCUT2D eigenvalue weighted by atomic mass is 10.3. The molecule has 0 amide bonds. The van der Waals surface area contributed by atoms with Crippen molar-refractivity contribution < 1.29 is 5.11 Å². The van der Waals surface area contributed by atoms with Gasteiger partial charge in [0.15, 0.2) is 5.06 Å². The molecule has 4 heteroatoms. The van der Waals surface area contributed by atoms with Crippen LogP contribution in [0, 0.1) is 7.14 Å². The fourth-order valence-electron chi connectivity index (χ4n) is 1.04. The summed E-state index contributed by atoms with van der Waals surface area (Å²) in [7, 11) is 0. The van der Waals surface area contributed by atoms with E-state index in [1.54, 1.807) is 0 Å². The summed E-state index contributed by atoms with van der Waals surface area (Å²) in [6.45, 7) is 0. The van der Waals surface area contributed by atoms with Crippen molar-refractivity contribution in [3.8, 4) is 5.06 Å². The van der Waals surface area contributed by atoms with Crippen LogP contribution < -0.4 is 0 Å². The lowest BCUT2D eigenvalue weighted by Crippen LogP contribution is -1.74. The highest BCUT2D eigenvalue weighted by molar-refractivity contribution is 14.1. The minimum Gasteiger partial charge on any atom is -0.499 e. The van der Waals surface area contributed by atoms with Crippen molar-refractivity contribution >= 4 is 66.6 Å². The van der Waals surface area contributed by atoms with Gasteiger partial charge in [-0.1, -0.05) is 11.3 Å². The Kier molecular flexibility index (Phi) is 2.48. The zero-order valence-electron chi connectivity index (χ0n) is 5.84. The Labute approximate surface area is 101 Å². The predicted molar refractivity (Wildman–Crippen MR) is 68.9 cm³/mol. The van der Waals surface area contributed by atoms with Crippen molar-refractivity contribution in [1.29, 1.82) is 0 Å². The Bertz CT molecular complexity index is 397. The minimum atomic E-state index is 0.395. The van der Waals surface area contributed by atoms with Gasteiger partial charge in [-0.15, -0.1) is 0 Å². The van der Waals surface area contributed by atoms with Crippen LogP contribution in [0.4, 0.5) is 0 Å². The largest absolute Gasteiger partial charge is 0.499 e. The summed E-state index contributed by atoms with van der Waals surface area (Å²) < 4.78 is 3.58. The van der Waals surface area contributed by atoms with Crippen LogP contribution in [0.5, 0.6) is 5.06 Å². The quantitative estimate of drug-likeness (QED) is 0.665. The maximum absolute atomic E-state index is 9.32. The molecule has 0 saturated heterocycles. The van der Waals surface area contributed by atoms with Gasteiger partial charge >= 0.3 is 0 Å². The fraction of sp³-hybridized carbons (Fsp3) is 0. The van der Waals surface area contributed by atoms with Gasteiger partial charge in [0.2, 0.25) is 0 Å². The molecule has 1 nitrogen and oxygen atoms in total. The molecule has 0 radical (unpaired) electrons. The number of hydrogen-bond donors (Lipinski definition) is 1. The molecule has 0 aliphatic rings. The average Bonchev–Trinajstić information content (AvgIpc) is 2.41. The summed E-state index contributed by atoms with van der Waals surface area (Å²) in [5, 5.41) is 10.9. The van der Waals surface area contributed by atoms with E-state index >= 15 is 0 Å². The molecule has 1 aromatic heterocycles. The van der Waals surface area contributed by atoms with Crippen molar-refractivity contribution in [1.82, 2.24) is 0 Å². The molecule has 0 aliphatic carbocycles. The lowest BCUT2D eigenvalue weighted by molar-refractivity contribution is 0.491. The normalized spacial score (nSPS) is 10.8. The second-order valence-electron chi connectivity index (χ2n) is 2.36. The highest BCUT2D eigenvalue weighted by Gasteiger charge is 2.06. The average molecular weight is 402 g/mol. The maximum atomic E-state index is 9.32. The van der Waals surface area contributed by atoms with E-state index in [1.165, 1.54) is 23.2 Å². The smallest absolute Gasteiger partial charge is 0.172 e. The number of hydrogen-bond acceptors (Lipinski definition) is 2. The summed E-state index contributed by atoms with van der Waals surface area (Å²) in [4.78, 5) is 0. The Morgan fingerprint density at radius 1 is 1.17 bits per heavy atom. The highest BCUT2D eigenvalue weighted by atomic mass is 127. The second kappa shape index (κ2) is 3.30. The molecule has 0 atom stereocenters. The molecule has 1 aromatic carbocycles. The molecule has 0 spiro atoms. The van der Waals surface area contributed by atoms with Crippen LogP contribution >= 0.6 is 56.5 Å². The van der Waals surface area contributed by atoms with E-state index < -0.39 is 0 Å². The van der Waals surface area contributed by atoms with Crippen LogP contribution in [0.25, 0.3) is 10.1 Å². The van der Waals surface area contributed by atoms with Crippen molar-refractivity contribution in [3.63, 3.8) is 0 Å². The number of rotatable bonds is 0. The van der Waals surface area contributed by atoms with E-state index in [1.807, 2.05) is 6.07 Å². The van der Waals surface area contributed by atoms with Gasteiger partial charge in [-0.3, -0.25) is 0 Å². The first-order valence-electron chi connectivity index (χ1n) is 3.25. The summed E-state index contributed by atoms with van der Waals surface area (Å²) >= 11 is 6.00. The van der Waals surface area contributed by atoms with Crippen molar-refractivity contribution in [2.75, 3.05) is 0 Å². The van der Waals surface area contributed by atoms with Crippen molar-refractivity contribution in [2.24, 2.45) is 0 Å². The van der Waals surface area contributed by atoms with Crippen molar-refractivity contribution in [3.05, 3.63) is 25.3 Å². The van der Waals surface area contributed by atoms with E-state index in [2.05, 4.69) is 57.3 Å². The molecular formula is C8H4I2OS. The van der Waals surface area contributed by atoms with Crippen LogP contribution in [-0.2, 0) is 0 Å². The van der Waals surface area contributed by atoms with Gasteiger partial charge in [-0.2, -0.15) is 0 Å². The molecule has 0 fully saturated rings. The summed E-state index contributed by atoms with van der Waals surface area (Å²) in [6.07, 6.45) is 0. The standard InChI is InChI=1S/C8H4I2OS/c9-5-1-2-6(10)8-4(5)3-7(11)12-8/h1-3,11H. The molecule has 0 bridgehead atoms. The summed E-state index contributed by atoms with van der Waals surface area (Å²) in [5.74, 6) is 0. The number of halogens is 2. The number of benzene rings is 1. The monoisotopic (exact) mass is 402 g/mol. The molecule has 0 unspecified atom stereocenters. The lowest BCUT2D eigenvalue weighted by Gasteiger charge is -1.94. The zero-order chi connectivity index (χ0) is 8.72. The SMILES string of the molecule is Oc1cc2c(I)ccc(I)c2s1. The molecule has 1 heterocycles. The Morgan fingerprint density at radius 2 is 1.83 bits per heavy atom. The first-order chi connectivity index (χ1) is 5.68. The second-order valence-corrected chi connectivity index (χ2v) is 5.71. The zero-order valence-corrected chi connectivity index (χ0v) is 11.0. The maximum Gasteiger partial charge on any atom is 0.172 e. The predicted octanol–water partition coefficient (Wildman–Crippen LogP) is 3.82. The third-order valence-corrected chi connectivity index (χ3v) is 4.75. The molecule has 1 N–H and O–H groups in total. The number of fused-ring (bicyclic) bond motifs is 1. The molecule has 2 rings (SSSR count). The van der Waals surface area contributed by atoms with Crippen LogP contribution in [0.2, 0.25) is 0 Å². The van der Waals surface area contributed by atoms with Gasteiger partial charge in [0.1, 0.15) is 0 Å². The van der Waals surface area contributed by atoms with Gasteiger partial charge in [0.25, 0.3) is 0 Å². The third-order valence-electron chi connectivity index (χ3n) is 1.57. The van der Waals surface area contributed by atoms with Gasteiger partial charge in [0.05, 0.1) is 4.70 Å². The van der Waals surface area contributed by atoms with E-state index in [0.717, 1.165) is 5.39 Å². The van der Waals surface area contributed by atoms with E-state index in [9.17, 15) is 5.11 Å². The van der Waals surface area contributed by atoms with Crippen LogP contribution in [0.1, 0.15) is 0 Å². The van der Waals surface area contributed by atoms with Crippen LogP contribution in [-0.4, -0.2) is 5.11 Å². The van der Waals surface area contributed by atoms with E-state index in [0.29, 0.717) is 5.06 Å². The summed E-state index contributed by atoms with van der Waals surface area (Å²) in [5.41, 5.74) is 0. The Morgan fingerprint density at radius 3 is 2.50 bits per heavy atom. The highest BCUT2D eigenvalue weighted by Crippen LogP contribution is 2.36. The molecule has 0 saturated carbocycles. The van der Waals surface area contributed by atoms with E-state index in [4.69, 9.17) is 0 Å². The molecule has 62 valence electrons. The number of aromatic hydroxyl groups is 1. The topological polar surface area (TPSA) is 20.2 Å². The van der Waals surface area contributed by atoms with Gasteiger partial charge < -0.3 is 5.11 Å². The Hall–Kier alpha value is 0.440.